The van der Waals surface area contributed by atoms with Gasteiger partial charge in [0.15, 0.2) is 0 Å². The lowest BCUT2D eigenvalue weighted by Crippen LogP contribution is -2.37. The van der Waals surface area contributed by atoms with Gasteiger partial charge in [0.05, 0.1) is 10.7 Å². The number of likely N-dealkylation sites (tertiary alicyclic amines) is 1. The van der Waals surface area contributed by atoms with E-state index in [1.807, 2.05) is 18.7 Å². The second-order valence-electron chi connectivity index (χ2n) is 6.02. The highest BCUT2D eigenvalue weighted by Crippen LogP contribution is 2.17. The number of aromatic nitrogens is 1. The lowest BCUT2D eigenvalue weighted by atomic mass is 10.2. The summed E-state index contributed by atoms with van der Waals surface area (Å²) in [6.07, 6.45) is 5.44. The number of hydrogen-bond donors (Lipinski definition) is 1. The van der Waals surface area contributed by atoms with Crippen molar-refractivity contribution in [2.24, 2.45) is 0 Å². The summed E-state index contributed by atoms with van der Waals surface area (Å²) < 4.78 is 0. The first-order chi connectivity index (χ1) is 10.1. The topological polar surface area (TPSA) is 45.2 Å². The molecule has 5 heteroatoms. The van der Waals surface area contributed by atoms with Gasteiger partial charge in [-0.2, -0.15) is 0 Å². The van der Waals surface area contributed by atoms with Crippen LogP contribution in [0.5, 0.6) is 0 Å². The zero-order chi connectivity index (χ0) is 15.2. The Hall–Kier alpha value is -0.940. The molecule has 0 aromatic carbocycles. The van der Waals surface area contributed by atoms with Crippen LogP contribution < -0.4 is 5.32 Å². The van der Waals surface area contributed by atoms with Gasteiger partial charge in [-0.15, -0.1) is 11.3 Å². The first-order valence-electron chi connectivity index (χ1n) is 8.00. The van der Waals surface area contributed by atoms with Crippen molar-refractivity contribution in [3.63, 3.8) is 0 Å². The van der Waals surface area contributed by atoms with Gasteiger partial charge >= 0.3 is 0 Å². The average molecular weight is 309 g/mol. The van der Waals surface area contributed by atoms with Gasteiger partial charge in [-0.25, -0.2) is 4.98 Å². The molecule has 0 spiro atoms. The van der Waals surface area contributed by atoms with Crippen LogP contribution in [0.15, 0.2) is 0 Å². The Morgan fingerprint density at radius 2 is 1.95 bits per heavy atom. The molecule has 0 bridgehead atoms. The largest absolute Gasteiger partial charge is 0.343 e. The maximum atomic E-state index is 12.3. The van der Waals surface area contributed by atoms with Crippen LogP contribution in [0.4, 0.5) is 0 Å². The number of rotatable bonds is 5. The predicted molar refractivity (Wildman–Crippen MR) is 87.6 cm³/mol. The fraction of sp³-hybridized carbons (Fsp3) is 0.750. The molecule has 4 nitrogen and oxygen atoms in total. The van der Waals surface area contributed by atoms with Gasteiger partial charge in [-0.1, -0.05) is 12.8 Å². The Morgan fingerprint density at radius 1 is 1.29 bits per heavy atom. The van der Waals surface area contributed by atoms with E-state index in [4.69, 9.17) is 0 Å². The summed E-state index contributed by atoms with van der Waals surface area (Å²) in [5.41, 5.74) is 1.11. The Labute approximate surface area is 132 Å². The lowest BCUT2D eigenvalue weighted by Gasteiger charge is -2.22. The third kappa shape index (κ3) is 5.08. The van der Waals surface area contributed by atoms with Crippen molar-refractivity contribution in [1.29, 1.82) is 0 Å². The molecule has 0 unspecified atom stereocenters. The van der Waals surface area contributed by atoms with E-state index in [0.29, 0.717) is 12.3 Å². The molecule has 21 heavy (non-hydrogen) atoms. The Morgan fingerprint density at radius 3 is 2.52 bits per heavy atom. The van der Waals surface area contributed by atoms with Crippen LogP contribution in [0.25, 0.3) is 0 Å². The molecular weight excluding hydrogens is 282 g/mol. The van der Waals surface area contributed by atoms with Crippen LogP contribution >= 0.6 is 11.3 Å². The van der Waals surface area contributed by atoms with Gasteiger partial charge in [0.25, 0.3) is 0 Å². The molecule has 0 saturated carbocycles. The van der Waals surface area contributed by atoms with Crippen molar-refractivity contribution in [1.82, 2.24) is 15.2 Å². The lowest BCUT2D eigenvalue weighted by molar-refractivity contribution is -0.131. The number of nitrogens with zero attached hydrogens (tertiary/aromatic N) is 2. The number of thiazole rings is 1. The monoisotopic (exact) mass is 309 g/mol. The first kappa shape index (κ1) is 16.4. The van der Waals surface area contributed by atoms with E-state index in [1.54, 1.807) is 11.3 Å². The zero-order valence-electron chi connectivity index (χ0n) is 13.4. The van der Waals surface area contributed by atoms with Crippen LogP contribution in [-0.2, 0) is 11.3 Å². The molecule has 2 heterocycles. The summed E-state index contributed by atoms with van der Waals surface area (Å²) in [5, 5.41) is 4.57. The molecule has 1 aliphatic rings. The smallest absolute Gasteiger partial charge is 0.224 e. The molecule has 118 valence electrons. The minimum atomic E-state index is 0.211. The van der Waals surface area contributed by atoms with E-state index in [1.165, 1.54) is 17.7 Å². The van der Waals surface area contributed by atoms with Crippen molar-refractivity contribution in [2.75, 3.05) is 13.1 Å². The Kier molecular flexibility index (Phi) is 6.18. The molecule has 1 amide bonds. The van der Waals surface area contributed by atoms with Gasteiger partial charge in [-0.05, 0) is 33.6 Å². The summed E-state index contributed by atoms with van der Waals surface area (Å²) in [7, 11) is 0. The van der Waals surface area contributed by atoms with E-state index in [9.17, 15) is 4.79 Å². The number of nitrogens with one attached hydrogen (secondary N) is 1. The van der Waals surface area contributed by atoms with Crippen molar-refractivity contribution >= 4 is 17.2 Å². The maximum absolute atomic E-state index is 12.3. The van der Waals surface area contributed by atoms with Gasteiger partial charge in [0.2, 0.25) is 5.91 Å². The van der Waals surface area contributed by atoms with Crippen molar-refractivity contribution < 1.29 is 4.79 Å². The molecule has 1 aromatic heterocycles. The van der Waals surface area contributed by atoms with E-state index in [2.05, 4.69) is 17.2 Å². The Bertz CT molecular complexity index is 464. The van der Waals surface area contributed by atoms with Crippen molar-refractivity contribution in [3.05, 3.63) is 15.6 Å². The summed E-state index contributed by atoms with van der Waals surface area (Å²) >= 11 is 1.74. The van der Waals surface area contributed by atoms with Crippen LogP contribution in [0.2, 0.25) is 0 Å². The van der Waals surface area contributed by atoms with Crippen LogP contribution in [0.3, 0.4) is 0 Å². The van der Waals surface area contributed by atoms with Crippen LogP contribution in [-0.4, -0.2) is 34.9 Å². The molecule has 2 rings (SSSR count). The van der Waals surface area contributed by atoms with Gasteiger partial charge in [-0.3, -0.25) is 4.79 Å². The normalized spacial score (nSPS) is 17.6. The molecule has 0 radical (unpaired) electrons. The highest BCUT2D eigenvalue weighted by Gasteiger charge is 2.18. The van der Waals surface area contributed by atoms with E-state index in [0.717, 1.165) is 43.2 Å². The Balaban J connectivity index is 1.76. The third-order valence-corrected chi connectivity index (χ3v) is 5.12. The predicted octanol–water partition coefficient (Wildman–Crippen LogP) is 3.03. The molecule has 1 fully saturated rings. The highest BCUT2D eigenvalue weighted by molar-refractivity contribution is 7.11. The minimum Gasteiger partial charge on any atom is -0.343 e. The number of carbonyl (C=O) groups excluding carboxylic acids is 1. The molecule has 0 aliphatic carbocycles. The molecule has 1 aliphatic heterocycles. The van der Waals surface area contributed by atoms with Gasteiger partial charge < -0.3 is 10.2 Å². The highest BCUT2D eigenvalue weighted by atomic mass is 32.1. The van der Waals surface area contributed by atoms with Gasteiger partial charge in [0, 0.05) is 37.0 Å². The van der Waals surface area contributed by atoms with E-state index >= 15 is 0 Å². The number of hydrogen-bond acceptors (Lipinski definition) is 4. The quantitative estimate of drug-likeness (QED) is 0.909. The fourth-order valence-corrected chi connectivity index (χ4v) is 3.68. The van der Waals surface area contributed by atoms with Crippen molar-refractivity contribution in [3.8, 4) is 0 Å². The number of amides is 1. The maximum Gasteiger partial charge on any atom is 0.224 e. The van der Waals surface area contributed by atoms with Crippen LogP contribution in [0, 0.1) is 13.8 Å². The molecule has 1 saturated heterocycles. The molecule has 1 N–H and O–H groups in total. The average Bonchev–Trinajstić information content (AvgIpc) is 2.66. The number of aryl methyl sites for hydroxylation is 2. The summed E-state index contributed by atoms with van der Waals surface area (Å²) in [4.78, 5) is 20.1. The van der Waals surface area contributed by atoms with Gasteiger partial charge in [0.1, 0.15) is 0 Å². The zero-order valence-corrected chi connectivity index (χ0v) is 14.3. The third-order valence-electron chi connectivity index (χ3n) is 4.05. The minimum absolute atomic E-state index is 0.211. The van der Waals surface area contributed by atoms with Crippen molar-refractivity contribution in [2.45, 2.75) is 65.5 Å². The second kappa shape index (κ2) is 7.90. The summed E-state index contributed by atoms with van der Waals surface area (Å²) in [6, 6.07) is 0.211. The standard InChI is InChI=1S/C16H27N3OS/c1-12(17-11-15-13(2)18-14(3)21-15)10-16(20)19-8-6-4-5-7-9-19/h12,17H,4-11H2,1-3H3/t12-/m0/s1. The summed E-state index contributed by atoms with van der Waals surface area (Å²) in [6.45, 7) is 8.88. The molecule has 1 atom stereocenters. The summed E-state index contributed by atoms with van der Waals surface area (Å²) in [5.74, 6) is 0.300. The van der Waals surface area contributed by atoms with Crippen LogP contribution in [0.1, 0.15) is 54.6 Å². The fourth-order valence-electron chi connectivity index (χ4n) is 2.79. The van der Waals surface area contributed by atoms with E-state index < -0.39 is 0 Å². The SMILES string of the molecule is Cc1nc(C)c(CN[C@@H](C)CC(=O)N2CCCCCC2)s1. The first-order valence-corrected chi connectivity index (χ1v) is 8.82. The molecular formula is C16H27N3OS. The van der Waals surface area contributed by atoms with E-state index in [-0.39, 0.29) is 6.04 Å². The molecule has 1 aromatic rings. The second-order valence-corrected chi connectivity index (χ2v) is 7.31. The number of carbonyl (C=O) groups is 1.